The van der Waals surface area contributed by atoms with Crippen LogP contribution in [0.1, 0.15) is 34.6 Å². The zero-order valence-corrected chi connectivity index (χ0v) is 14.2. The van der Waals surface area contributed by atoms with Crippen molar-refractivity contribution >= 4 is 28.3 Å². The maximum absolute atomic E-state index is 12.4. The fraction of sp³-hybridized carbons (Fsp3) is 0.600. The lowest BCUT2D eigenvalue weighted by Crippen LogP contribution is -2.48. The van der Waals surface area contributed by atoms with Crippen molar-refractivity contribution in [1.82, 2.24) is 10.2 Å². The highest BCUT2D eigenvalue weighted by Crippen LogP contribution is 2.40. The van der Waals surface area contributed by atoms with Crippen molar-refractivity contribution in [3.05, 3.63) is 16.0 Å². The summed E-state index contributed by atoms with van der Waals surface area (Å²) in [5, 5.41) is 6.60. The summed E-state index contributed by atoms with van der Waals surface area (Å²) in [4.78, 5) is 27.0. The van der Waals surface area contributed by atoms with E-state index in [4.69, 9.17) is 10.5 Å². The molecule has 1 fully saturated rings. The molecule has 0 unspecified atom stereocenters. The molecule has 1 aromatic heterocycles. The summed E-state index contributed by atoms with van der Waals surface area (Å²) in [7, 11) is 0. The van der Waals surface area contributed by atoms with Crippen LogP contribution in [0, 0.1) is 0 Å². The lowest BCUT2D eigenvalue weighted by molar-refractivity contribution is -0.0383. The van der Waals surface area contributed by atoms with Crippen molar-refractivity contribution in [2.45, 2.75) is 32.5 Å². The van der Waals surface area contributed by atoms with Gasteiger partial charge >= 0.3 is 6.03 Å². The third-order valence-electron chi connectivity index (χ3n) is 4.16. The summed E-state index contributed by atoms with van der Waals surface area (Å²) in [6.45, 7) is 7.27. The third kappa shape index (κ3) is 3.34. The van der Waals surface area contributed by atoms with Crippen LogP contribution < -0.4 is 16.4 Å². The van der Waals surface area contributed by atoms with Crippen LogP contribution in [0.3, 0.4) is 0 Å². The summed E-state index contributed by atoms with van der Waals surface area (Å²) in [6.07, 6.45) is 0.612. The molecular formula is C15H22N4O3S. The minimum atomic E-state index is -0.504. The third-order valence-corrected chi connectivity index (χ3v) is 5.28. The number of nitrogens with two attached hydrogens (primary N) is 1. The van der Waals surface area contributed by atoms with Gasteiger partial charge in [-0.3, -0.25) is 10.1 Å². The molecule has 0 atom stereocenters. The second-order valence-electron chi connectivity index (χ2n) is 6.46. The van der Waals surface area contributed by atoms with E-state index in [1.165, 1.54) is 11.3 Å². The molecule has 0 radical (unpaired) electrons. The summed E-state index contributed by atoms with van der Waals surface area (Å²) in [5.41, 5.74) is 6.59. The molecule has 23 heavy (non-hydrogen) atoms. The number of amides is 3. The van der Waals surface area contributed by atoms with E-state index in [-0.39, 0.29) is 11.6 Å². The van der Waals surface area contributed by atoms with E-state index < -0.39 is 5.91 Å². The van der Waals surface area contributed by atoms with Crippen LogP contribution >= 0.6 is 11.3 Å². The fourth-order valence-corrected chi connectivity index (χ4v) is 4.07. The number of carbonyl (C=O) groups excluding carboxylic acids is 2. The minimum absolute atomic E-state index is 0.187. The first-order valence-corrected chi connectivity index (χ1v) is 8.54. The molecule has 1 saturated heterocycles. The van der Waals surface area contributed by atoms with Crippen LogP contribution in [0.25, 0.3) is 0 Å². The average Bonchev–Trinajstić information content (AvgIpc) is 2.84. The number of nitrogens with one attached hydrogen (secondary N) is 2. The number of rotatable bonds is 2. The zero-order valence-electron chi connectivity index (χ0n) is 13.4. The van der Waals surface area contributed by atoms with Gasteiger partial charge in [0, 0.05) is 37.5 Å². The predicted octanol–water partition coefficient (Wildman–Crippen LogP) is 1.14. The number of primary amides is 1. The number of carbonyl (C=O) groups is 2. The van der Waals surface area contributed by atoms with Crippen LogP contribution in [0.15, 0.2) is 0 Å². The number of hydrogen-bond donors (Lipinski definition) is 3. The summed E-state index contributed by atoms with van der Waals surface area (Å²) in [6, 6.07) is -0.187. The van der Waals surface area contributed by atoms with Crippen molar-refractivity contribution in [1.29, 1.82) is 0 Å². The molecule has 3 heterocycles. The highest BCUT2D eigenvalue weighted by atomic mass is 32.1. The van der Waals surface area contributed by atoms with Crippen LogP contribution in [0.4, 0.5) is 9.80 Å². The van der Waals surface area contributed by atoms with Gasteiger partial charge in [0.15, 0.2) is 0 Å². The first-order chi connectivity index (χ1) is 10.9. The normalized spacial score (nSPS) is 20.0. The molecule has 0 bridgehead atoms. The van der Waals surface area contributed by atoms with E-state index in [1.54, 1.807) is 4.90 Å². The fourth-order valence-electron chi connectivity index (χ4n) is 2.95. The van der Waals surface area contributed by atoms with Gasteiger partial charge in [-0.15, -0.1) is 11.3 Å². The van der Waals surface area contributed by atoms with Gasteiger partial charge in [0.25, 0.3) is 5.91 Å². The SMILES string of the molecule is CC1(C)Cc2c(sc(NC(=O)N3CCNCC3)c2C(N)=O)CO1. The van der Waals surface area contributed by atoms with Gasteiger partial charge in [-0.1, -0.05) is 0 Å². The van der Waals surface area contributed by atoms with E-state index in [9.17, 15) is 9.59 Å². The molecule has 8 heteroatoms. The Morgan fingerprint density at radius 3 is 2.70 bits per heavy atom. The summed E-state index contributed by atoms with van der Waals surface area (Å²) < 4.78 is 5.79. The second kappa shape index (κ2) is 6.10. The Labute approximate surface area is 139 Å². The maximum atomic E-state index is 12.4. The number of hydrogen-bond acceptors (Lipinski definition) is 5. The summed E-state index contributed by atoms with van der Waals surface area (Å²) in [5.74, 6) is -0.504. The average molecular weight is 338 g/mol. The zero-order chi connectivity index (χ0) is 16.6. The van der Waals surface area contributed by atoms with E-state index >= 15 is 0 Å². The quantitative estimate of drug-likeness (QED) is 0.753. The molecule has 3 amide bonds. The molecule has 0 spiro atoms. The van der Waals surface area contributed by atoms with Crippen molar-refractivity contribution in [2.24, 2.45) is 5.73 Å². The molecular weight excluding hydrogens is 316 g/mol. The first-order valence-electron chi connectivity index (χ1n) is 7.72. The van der Waals surface area contributed by atoms with E-state index in [0.717, 1.165) is 23.5 Å². The predicted molar refractivity (Wildman–Crippen MR) is 88.9 cm³/mol. The van der Waals surface area contributed by atoms with Crippen LogP contribution in [-0.4, -0.2) is 48.6 Å². The Balaban J connectivity index is 1.86. The number of fused-ring (bicyclic) bond motifs is 1. The maximum Gasteiger partial charge on any atom is 0.322 e. The highest BCUT2D eigenvalue weighted by molar-refractivity contribution is 7.17. The van der Waals surface area contributed by atoms with Gasteiger partial charge in [0.2, 0.25) is 0 Å². The molecule has 7 nitrogen and oxygen atoms in total. The van der Waals surface area contributed by atoms with Gasteiger partial charge in [-0.2, -0.15) is 0 Å². The topological polar surface area (TPSA) is 96.7 Å². The second-order valence-corrected chi connectivity index (χ2v) is 7.57. The molecule has 126 valence electrons. The lowest BCUT2D eigenvalue weighted by atomic mass is 9.93. The van der Waals surface area contributed by atoms with E-state index in [2.05, 4.69) is 10.6 Å². The van der Waals surface area contributed by atoms with Crippen molar-refractivity contribution < 1.29 is 14.3 Å². The molecule has 0 aromatic carbocycles. The number of ether oxygens (including phenoxy) is 1. The molecule has 3 rings (SSSR count). The standard InChI is InChI=1S/C15H22N4O3S/c1-15(2)7-9-10(8-22-15)23-13(11(9)12(16)20)18-14(21)19-5-3-17-4-6-19/h17H,3-8H2,1-2H3,(H2,16,20)(H,18,21). The Morgan fingerprint density at radius 1 is 1.35 bits per heavy atom. The number of thiophene rings is 1. The molecule has 0 saturated carbocycles. The van der Waals surface area contributed by atoms with Crippen molar-refractivity contribution in [2.75, 3.05) is 31.5 Å². The van der Waals surface area contributed by atoms with Gasteiger partial charge in [0.05, 0.1) is 17.8 Å². The molecule has 4 N–H and O–H groups in total. The largest absolute Gasteiger partial charge is 0.370 e. The van der Waals surface area contributed by atoms with E-state index in [0.29, 0.717) is 36.7 Å². The highest BCUT2D eigenvalue weighted by Gasteiger charge is 2.33. The molecule has 0 aliphatic carbocycles. The van der Waals surface area contributed by atoms with E-state index in [1.807, 2.05) is 13.8 Å². The van der Waals surface area contributed by atoms with Crippen molar-refractivity contribution in [3.63, 3.8) is 0 Å². The van der Waals surface area contributed by atoms with Crippen LogP contribution in [-0.2, 0) is 17.8 Å². The summed E-state index contributed by atoms with van der Waals surface area (Å²) >= 11 is 1.38. The van der Waals surface area contributed by atoms with Gasteiger partial charge in [-0.05, 0) is 19.4 Å². The first kappa shape index (κ1) is 16.2. The number of piperazine rings is 1. The molecule has 2 aliphatic rings. The number of urea groups is 1. The molecule has 1 aromatic rings. The Bertz CT molecular complexity index is 635. The Kier molecular flexibility index (Phi) is 4.31. The van der Waals surface area contributed by atoms with Crippen LogP contribution in [0.2, 0.25) is 0 Å². The van der Waals surface area contributed by atoms with Crippen molar-refractivity contribution in [3.8, 4) is 0 Å². The smallest absolute Gasteiger partial charge is 0.322 e. The Hall–Kier alpha value is -1.64. The van der Waals surface area contributed by atoms with Gasteiger partial charge in [-0.25, -0.2) is 4.79 Å². The Morgan fingerprint density at radius 2 is 2.04 bits per heavy atom. The monoisotopic (exact) mass is 338 g/mol. The number of nitrogens with zero attached hydrogens (tertiary/aromatic N) is 1. The number of anilines is 1. The lowest BCUT2D eigenvalue weighted by Gasteiger charge is -2.30. The molecule has 2 aliphatic heterocycles. The minimum Gasteiger partial charge on any atom is -0.370 e. The van der Waals surface area contributed by atoms with Crippen LogP contribution in [0.5, 0.6) is 0 Å². The van der Waals surface area contributed by atoms with Gasteiger partial charge in [0.1, 0.15) is 5.00 Å². The van der Waals surface area contributed by atoms with Gasteiger partial charge < -0.3 is 20.7 Å².